The highest BCUT2D eigenvalue weighted by Crippen LogP contribution is 2.38. The third-order valence-electron chi connectivity index (χ3n) is 3.45. The van der Waals surface area contributed by atoms with Gasteiger partial charge in [0.25, 0.3) is 0 Å². The number of hydrogen-bond acceptors (Lipinski definition) is 2. The molecule has 0 bridgehead atoms. The van der Waals surface area contributed by atoms with Gasteiger partial charge >= 0.3 is 0 Å². The van der Waals surface area contributed by atoms with Crippen LogP contribution in [-0.2, 0) is 4.79 Å². The zero-order valence-electron chi connectivity index (χ0n) is 9.35. The molecule has 0 saturated heterocycles. The maximum absolute atomic E-state index is 11.6. The summed E-state index contributed by atoms with van der Waals surface area (Å²) in [6.07, 6.45) is 8.62. The first-order chi connectivity index (χ1) is 6.72. The third-order valence-corrected chi connectivity index (χ3v) is 3.45. The standard InChI is InChI=1S/C12H23NO/c1-2-6-11(14)9-12(10-13)7-4-3-5-8-12/h2-10,13H2,1H3. The van der Waals surface area contributed by atoms with Gasteiger partial charge in [-0.25, -0.2) is 0 Å². The lowest BCUT2D eigenvalue weighted by Crippen LogP contribution is -2.35. The molecule has 1 aliphatic carbocycles. The normalized spacial score (nSPS) is 20.7. The number of nitrogens with two attached hydrogens (primary N) is 1. The molecule has 2 N–H and O–H groups in total. The first-order valence-electron chi connectivity index (χ1n) is 5.94. The Hall–Kier alpha value is -0.370. The fourth-order valence-corrected chi connectivity index (χ4v) is 2.54. The summed E-state index contributed by atoms with van der Waals surface area (Å²) < 4.78 is 0. The summed E-state index contributed by atoms with van der Waals surface area (Å²) in [4.78, 5) is 11.6. The molecule has 0 aromatic carbocycles. The summed E-state index contributed by atoms with van der Waals surface area (Å²) in [5.41, 5.74) is 6.00. The molecule has 0 aromatic heterocycles. The van der Waals surface area contributed by atoms with E-state index in [1.165, 1.54) is 32.1 Å². The summed E-state index contributed by atoms with van der Waals surface area (Å²) in [6, 6.07) is 0. The molecule has 2 heteroatoms. The zero-order chi connectivity index (χ0) is 10.4. The average molecular weight is 197 g/mol. The quantitative estimate of drug-likeness (QED) is 0.736. The molecule has 0 unspecified atom stereocenters. The number of ketones is 1. The first-order valence-corrected chi connectivity index (χ1v) is 5.94. The second-order valence-corrected chi connectivity index (χ2v) is 4.73. The summed E-state index contributed by atoms with van der Waals surface area (Å²) >= 11 is 0. The summed E-state index contributed by atoms with van der Waals surface area (Å²) in [7, 11) is 0. The van der Waals surface area contributed by atoms with Crippen LogP contribution >= 0.6 is 0 Å². The van der Waals surface area contributed by atoms with E-state index in [0.717, 1.165) is 19.3 Å². The molecular weight excluding hydrogens is 174 g/mol. The zero-order valence-corrected chi connectivity index (χ0v) is 9.35. The van der Waals surface area contributed by atoms with Gasteiger partial charge in [0.1, 0.15) is 5.78 Å². The minimum atomic E-state index is 0.171. The Labute approximate surface area is 87.2 Å². The SMILES string of the molecule is CCCC(=O)CC1(CN)CCCCC1. The molecule has 1 fully saturated rings. The lowest BCUT2D eigenvalue weighted by Gasteiger charge is -2.35. The van der Waals surface area contributed by atoms with Crippen LogP contribution in [0.3, 0.4) is 0 Å². The first kappa shape index (κ1) is 11.7. The van der Waals surface area contributed by atoms with Crippen molar-refractivity contribution < 1.29 is 4.79 Å². The number of Topliss-reactive ketones (excluding diaryl/α,β-unsaturated/α-hetero) is 1. The van der Waals surface area contributed by atoms with Crippen LogP contribution in [0.4, 0.5) is 0 Å². The predicted molar refractivity (Wildman–Crippen MR) is 59.1 cm³/mol. The van der Waals surface area contributed by atoms with Gasteiger partial charge in [0.15, 0.2) is 0 Å². The number of carbonyl (C=O) groups excluding carboxylic acids is 1. The fourth-order valence-electron chi connectivity index (χ4n) is 2.54. The highest BCUT2D eigenvalue weighted by atomic mass is 16.1. The van der Waals surface area contributed by atoms with Gasteiger partial charge in [-0.1, -0.05) is 26.2 Å². The molecular formula is C12H23NO. The number of rotatable bonds is 5. The highest BCUT2D eigenvalue weighted by molar-refractivity contribution is 5.79. The van der Waals surface area contributed by atoms with Gasteiger partial charge in [-0.05, 0) is 31.2 Å². The van der Waals surface area contributed by atoms with Crippen LogP contribution in [0.25, 0.3) is 0 Å². The van der Waals surface area contributed by atoms with Crippen molar-refractivity contribution in [2.75, 3.05) is 6.54 Å². The highest BCUT2D eigenvalue weighted by Gasteiger charge is 2.32. The summed E-state index contributed by atoms with van der Waals surface area (Å²) in [6.45, 7) is 2.76. The Kier molecular flexibility index (Phi) is 4.59. The molecule has 0 heterocycles. The van der Waals surface area contributed by atoms with Crippen molar-refractivity contribution in [3.8, 4) is 0 Å². The lowest BCUT2D eigenvalue weighted by molar-refractivity contribution is -0.121. The maximum Gasteiger partial charge on any atom is 0.133 e. The second kappa shape index (κ2) is 5.50. The fraction of sp³-hybridized carbons (Fsp3) is 0.917. The summed E-state index contributed by atoms with van der Waals surface area (Å²) in [5, 5.41) is 0. The van der Waals surface area contributed by atoms with Crippen LogP contribution in [0.2, 0.25) is 0 Å². The average Bonchev–Trinajstić information content (AvgIpc) is 2.19. The van der Waals surface area contributed by atoms with Crippen molar-refractivity contribution in [2.24, 2.45) is 11.1 Å². The molecule has 0 aromatic rings. The van der Waals surface area contributed by atoms with E-state index in [-0.39, 0.29) is 5.41 Å². The van der Waals surface area contributed by atoms with Crippen molar-refractivity contribution >= 4 is 5.78 Å². The smallest absolute Gasteiger partial charge is 0.133 e. The molecule has 14 heavy (non-hydrogen) atoms. The van der Waals surface area contributed by atoms with Gasteiger partial charge in [0, 0.05) is 12.8 Å². The van der Waals surface area contributed by atoms with Crippen LogP contribution in [0.15, 0.2) is 0 Å². The Bertz CT molecular complexity index is 183. The van der Waals surface area contributed by atoms with Crippen LogP contribution < -0.4 is 5.73 Å². The van der Waals surface area contributed by atoms with E-state index in [1.54, 1.807) is 0 Å². The van der Waals surface area contributed by atoms with E-state index >= 15 is 0 Å². The molecule has 1 rings (SSSR count). The Morgan fingerprint density at radius 3 is 2.43 bits per heavy atom. The van der Waals surface area contributed by atoms with Crippen molar-refractivity contribution in [3.05, 3.63) is 0 Å². The van der Waals surface area contributed by atoms with Crippen LogP contribution in [0.5, 0.6) is 0 Å². The number of carbonyl (C=O) groups is 1. The van der Waals surface area contributed by atoms with Crippen molar-refractivity contribution in [1.82, 2.24) is 0 Å². The van der Waals surface area contributed by atoms with Gasteiger partial charge in [-0.15, -0.1) is 0 Å². The van der Waals surface area contributed by atoms with Gasteiger partial charge in [0.2, 0.25) is 0 Å². The Morgan fingerprint density at radius 1 is 1.29 bits per heavy atom. The molecule has 0 spiro atoms. The van der Waals surface area contributed by atoms with Crippen LogP contribution in [0.1, 0.15) is 58.3 Å². The molecule has 0 atom stereocenters. The van der Waals surface area contributed by atoms with E-state index in [1.807, 2.05) is 0 Å². The largest absolute Gasteiger partial charge is 0.330 e. The van der Waals surface area contributed by atoms with E-state index in [4.69, 9.17) is 5.73 Å². The summed E-state index contributed by atoms with van der Waals surface area (Å²) in [5.74, 6) is 0.417. The molecule has 2 nitrogen and oxygen atoms in total. The van der Waals surface area contributed by atoms with Gasteiger partial charge in [0.05, 0.1) is 0 Å². The molecule has 0 aliphatic heterocycles. The Morgan fingerprint density at radius 2 is 1.93 bits per heavy atom. The predicted octanol–water partition coefficient (Wildman–Crippen LogP) is 2.65. The third kappa shape index (κ3) is 3.09. The Balaban J connectivity index is 2.47. The van der Waals surface area contributed by atoms with E-state index in [2.05, 4.69) is 6.92 Å². The van der Waals surface area contributed by atoms with Crippen LogP contribution in [0, 0.1) is 5.41 Å². The monoisotopic (exact) mass is 197 g/mol. The van der Waals surface area contributed by atoms with E-state index < -0.39 is 0 Å². The topological polar surface area (TPSA) is 43.1 Å². The van der Waals surface area contributed by atoms with E-state index in [0.29, 0.717) is 12.3 Å². The van der Waals surface area contributed by atoms with Crippen molar-refractivity contribution in [2.45, 2.75) is 58.3 Å². The molecule has 1 aliphatic rings. The lowest BCUT2D eigenvalue weighted by atomic mass is 9.70. The molecule has 0 radical (unpaired) electrons. The van der Waals surface area contributed by atoms with Crippen LogP contribution in [-0.4, -0.2) is 12.3 Å². The van der Waals surface area contributed by atoms with Crippen molar-refractivity contribution in [1.29, 1.82) is 0 Å². The number of hydrogen-bond donors (Lipinski definition) is 1. The minimum Gasteiger partial charge on any atom is -0.330 e. The van der Waals surface area contributed by atoms with Gasteiger partial charge in [-0.2, -0.15) is 0 Å². The molecule has 0 amide bonds. The molecule has 1 saturated carbocycles. The maximum atomic E-state index is 11.6. The van der Waals surface area contributed by atoms with Gasteiger partial charge in [-0.3, -0.25) is 4.79 Å². The van der Waals surface area contributed by atoms with Crippen molar-refractivity contribution in [3.63, 3.8) is 0 Å². The molecule has 82 valence electrons. The van der Waals surface area contributed by atoms with E-state index in [9.17, 15) is 4.79 Å². The van der Waals surface area contributed by atoms with Gasteiger partial charge < -0.3 is 5.73 Å². The minimum absolute atomic E-state index is 0.171. The second-order valence-electron chi connectivity index (χ2n) is 4.73.